The van der Waals surface area contributed by atoms with Gasteiger partial charge in [-0.15, -0.1) is 0 Å². The van der Waals surface area contributed by atoms with Gasteiger partial charge in [0.2, 0.25) is 0 Å². The first kappa shape index (κ1) is 11.2. The molecule has 1 heterocycles. The van der Waals surface area contributed by atoms with Crippen LogP contribution in [0, 0.1) is 0 Å². The Morgan fingerprint density at radius 1 is 1.38 bits per heavy atom. The fourth-order valence-electron chi connectivity index (χ4n) is 1.89. The van der Waals surface area contributed by atoms with Crippen LogP contribution in [0.1, 0.15) is 19.8 Å². The second kappa shape index (κ2) is 4.71. The lowest BCUT2D eigenvalue weighted by atomic mass is 10.2. The summed E-state index contributed by atoms with van der Waals surface area (Å²) in [7, 11) is 0. The lowest BCUT2D eigenvalue weighted by Gasteiger charge is -2.05. The third-order valence-corrected chi connectivity index (χ3v) is 2.92. The number of nitrogens with zero attached hydrogens (tertiary/aromatic N) is 1. The highest BCUT2D eigenvalue weighted by Crippen LogP contribution is 2.24. The number of hydrogen-bond acceptors (Lipinski definition) is 1. The first-order chi connectivity index (χ1) is 7.72. The standard InChI is InChI=1S/C13H14ClNO/c1-2-4-11(16)9-15-8-7-10-5-3-6-12(14)13(10)15/h3,5-8H,2,4,9H2,1H3. The molecule has 0 N–H and O–H groups in total. The molecule has 2 aromatic rings. The molecule has 0 atom stereocenters. The van der Waals surface area contributed by atoms with E-state index in [1.165, 1.54) is 0 Å². The van der Waals surface area contributed by atoms with Crippen LogP contribution in [0.4, 0.5) is 0 Å². The Kier molecular flexibility index (Phi) is 3.30. The molecule has 0 unspecified atom stereocenters. The fourth-order valence-corrected chi connectivity index (χ4v) is 2.18. The molecule has 2 rings (SSSR count). The van der Waals surface area contributed by atoms with Crippen molar-refractivity contribution in [3.8, 4) is 0 Å². The second-order valence-electron chi connectivity index (χ2n) is 3.91. The minimum atomic E-state index is 0.250. The fraction of sp³-hybridized carbons (Fsp3) is 0.308. The molecule has 1 aromatic heterocycles. The molecule has 0 aliphatic heterocycles. The van der Waals surface area contributed by atoms with E-state index in [1.54, 1.807) is 0 Å². The molecular weight excluding hydrogens is 222 g/mol. The van der Waals surface area contributed by atoms with Gasteiger partial charge >= 0.3 is 0 Å². The maximum absolute atomic E-state index is 11.6. The summed E-state index contributed by atoms with van der Waals surface area (Å²) in [5, 5.41) is 1.78. The van der Waals surface area contributed by atoms with E-state index in [2.05, 4.69) is 0 Å². The van der Waals surface area contributed by atoms with Gasteiger partial charge in [-0.1, -0.05) is 30.7 Å². The van der Waals surface area contributed by atoms with Crippen LogP contribution < -0.4 is 0 Å². The first-order valence-electron chi connectivity index (χ1n) is 5.47. The van der Waals surface area contributed by atoms with Crippen LogP contribution in [0.25, 0.3) is 10.9 Å². The molecule has 0 amide bonds. The van der Waals surface area contributed by atoms with E-state index < -0.39 is 0 Å². The Bertz CT molecular complexity index is 516. The van der Waals surface area contributed by atoms with E-state index in [0.29, 0.717) is 18.0 Å². The molecule has 16 heavy (non-hydrogen) atoms. The van der Waals surface area contributed by atoms with Crippen LogP contribution in [0.3, 0.4) is 0 Å². The van der Waals surface area contributed by atoms with Crippen molar-refractivity contribution in [2.24, 2.45) is 0 Å². The lowest BCUT2D eigenvalue weighted by molar-refractivity contribution is -0.119. The Morgan fingerprint density at radius 3 is 2.94 bits per heavy atom. The topological polar surface area (TPSA) is 22.0 Å². The third-order valence-electron chi connectivity index (χ3n) is 2.61. The molecule has 0 fully saturated rings. The molecule has 0 aliphatic carbocycles. The third kappa shape index (κ3) is 2.12. The van der Waals surface area contributed by atoms with Crippen molar-refractivity contribution in [1.29, 1.82) is 0 Å². The minimum Gasteiger partial charge on any atom is -0.339 e. The summed E-state index contributed by atoms with van der Waals surface area (Å²) in [6.45, 7) is 2.43. The van der Waals surface area contributed by atoms with E-state index in [9.17, 15) is 4.79 Å². The number of carbonyl (C=O) groups is 1. The highest BCUT2D eigenvalue weighted by Gasteiger charge is 2.07. The van der Waals surface area contributed by atoms with Gasteiger partial charge in [-0.2, -0.15) is 0 Å². The van der Waals surface area contributed by atoms with Crippen LogP contribution in [0.15, 0.2) is 30.5 Å². The van der Waals surface area contributed by atoms with Crippen molar-refractivity contribution in [1.82, 2.24) is 4.57 Å². The number of ketones is 1. The zero-order chi connectivity index (χ0) is 11.5. The molecule has 3 heteroatoms. The lowest BCUT2D eigenvalue weighted by Crippen LogP contribution is -2.08. The molecule has 0 saturated carbocycles. The summed E-state index contributed by atoms with van der Waals surface area (Å²) in [4.78, 5) is 11.6. The summed E-state index contributed by atoms with van der Waals surface area (Å²) < 4.78 is 1.93. The Balaban J connectivity index is 2.34. The monoisotopic (exact) mass is 235 g/mol. The summed E-state index contributed by atoms with van der Waals surface area (Å²) in [5.74, 6) is 0.250. The van der Waals surface area contributed by atoms with Crippen LogP contribution >= 0.6 is 11.6 Å². The van der Waals surface area contributed by atoms with Crippen LogP contribution in [0.5, 0.6) is 0 Å². The number of carbonyl (C=O) groups excluding carboxylic acids is 1. The van der Waals surface area contributed by atoms with Crippen molar-refractivity contribution >= 4 is 28.3 Å². The summed E-state index contributed by atoms with van der Waals surface area (Å²) >= 11 is 6.13. The quantitative estimate of drug-likeness (QED) is 0.793. The van der Waals surface area contributed by atoms with E-state index in [1.807, 2.05) is 42.0 Å². The van der Waals surface area contributed by atoms with Gasteiger partial charge in [0, 0.05) is 18.0 Å². The SMILES string of the molecule is CCCC(=O)Cn1ccc2cccc(Cl)c21. The molecule has 2 nitrogen and oxygen atoms in total. The number of benzene rings is 1. The summed E-state index contributed by atoms with van der Waals surface area (Å²) in [5.41, 5.74) is 0.952. The summed E-state index contributed by atoms with van der Waals surface area (Å²) in [6, 6.07) is 7.76. The van der Waals surface area contributed by atoms with E-state index in [-0.39, 0.29) is 5.78 Å². The zero-order valence-electron chi connectivity index (χ0n) is 9.24. The van der Waals surface area contributed by atoms with Crippen molar-refractivity contribution < 1.29 is 4.79 Å². The van der Waals surface area contributed by atoms with Crippen LogP contribution in [0.2, 0.25) is 5.02 Å². The first-order valence-corrected chi connectivity index (χ1v) is 5.85. The minimum absolute atomic E-state index is 0.250. The number of Topliss-reactive ketones (excluding diaryl/α,β-unsaturated/α-hetero) is 1. The highest BCUT2D eigenvalue weighted by molar-refractivity contribution is 6.35. The highest BCUT2D eigenvalue weighted by atomic mass is 35.5. The second-order valence-corrected chi connectivity index (χ2v) is 4.32. The molecule has 0 aliphatic rings. The van der Waals surface area contributed by atoms with Crippen molar-refractivity contribution in [3.63, 3.8) is 0 Å². The molecule has 0 spiro atoms. The van der Waals surface area contributed by atoms with Gasteiger partial charge in [-0.25, -0.2) is 0 Å². The Labute approximate surface area is 99.8 Å². The van der Waals surface area contributed by atoms with E-state index >= 15 is 0 Å². The van der Waals surface area contributed by atoms with Crippen LogP contribution in [-0.2, 0) is 11.3 Å². The van der Waals surface area contributed by atoms with Crippen molar-refractivity contribution in [3.05, 3.63) is 35.5 Å². The van der Waals surface area contributed by atoms with Gasteiger partial charge in [0.1, 0.15) is 0 Å². The molecule has 0 bridgehead atoms. The van der Waals surface area contributed by atoms with Gasteiger partial charge < -0.3 is 4.57 Å². The van der Waals surface area contributed by atoms with E-state index in [4.69, 9.17) is 11.6 Å². The van der Waals surface area contributed by atoms with Crippen molar-refractivity contribution in [2.75, 3.05) is 0 Å². The normalized spacial score (nSPS) is 10.9. The largest absolute Gasteiger partial charge is 0.339 e. The number of aromatic nitrogens is 1. The molecule has 0 saturated heterocycles. The maximum atomic E-state index is 11.6. The van der Waals surface area contributed by atoms with Crippen LogP contribution in [-0.4, -0.2) is 10.4 Å². The van der Waals surface area contributed by atoms with Gasteiger partial charge in [0.05, 0.1) is 17.1 Å². The predicted molar refractivity (Wildman–Crippen MR) is 66.9 cm³/mol. The number of hydrogen-bond donors (Lipinski definition) is 0. The van der Waals surface area contributed by atoms with Gasteiger partial charge in [-0.05, 0) is 18.6 Å². The average molecular weight is 236 g/mol. The van der Waals surface area contributed by atoms with E-state index in [0.717, 1.165) is 17.3 Å². The number of halogens is 1. The molecule has 84 valence electrons. The maximum Gasteiger partial charge on any atom is 0.152 e. The predicted octanol–water partition coefficient (Wildman–Crippen LogP) is 3.66. The van der Waals surface area contributed by atoms with Crippen molar-refractivity contribution in [2.45, 2.75) is 26.3 Å². The Hall–Kier alpha value is -1.28. The zero-order valence-corrected chi connectivity index (χ0v) is 10.00. The Morgan fingerprint density at radius 2 is 2.19 bits per heavy atom. The summed E-state index contributed by atoms with van der Waals surface area (Å²) in [6.07, 6.45) is 3.44. The van der Waals surface area contributed by atoms with Gasteiger partial charge in [0.15, 0.2) is 5.78 Å². The number of rotatable bonds is 4. The molecule has 1 aromatic carbocycles. The molecule has 0 radical (unpaired) electrons. The smallest absolute Gasteiger partial charge is 0.152 e. The number of fused-ring (bicyclic) bond motifs is 1. The van der Waals surface area contributed by atoms with Gasteiger partial charge in [-0.3, -0.25) is 4.79 Å². The molecular formula is C13H14ClNO. The number of para-hydroxylation sites is 1. The average Bonchev–Trinajstić information content (AvgIpc) is 2.63. The van der Waals surface area contributed by atoms with Gasteiger partial charge in [0.25, 0.3) is 0 Å².